The standard InChI is InChI=1S/C16H18N2OS/c19-10-16-18-14(11-20-16)6-3-5-13-9-8-12-4-1-2-7-15(12)17-13/h8-11H,1-7H2. The molecule has 20 heavy (non-hydrogen) atoms. The summed E-state index contributed by atoms with van der Waals surface area (Å²) in [6, 6.07) is 4.42. The second kappa shape index (κ2) is 6.27. The fourth-order valence-corrected chi connectivity index (χ4v) is 3.36. The molecule has 3 nitrogen and oxygen atoms in total. The van der Waals surface area contributed by atoms with Gasteiger partial charge in [-0.2, -0.15) is 0 Å². The quantitative estimate of drug-likeness (QED) is 0.791. The molecule has 1 aliphatic rings. The molecule has 0 amide bonds. The van der Waals surface area contributed by atoms with Gasteiger partial charge in [-0.1, -0.05) is 6.07 Å². The van der Waals surface area contributed by atoms with Crippen LogP contribution in [0.25, 0.3) is 0 Å². The number of hydrogen-bond donors (Lipinski definition) is 0. The van der Waals surface area contributed by atoms with E-state index in [4.69, 9.17) is 4.98 Å². The molecule has 4 heteroatoms. The Labute approximate surface area is 123 Å². The number of pyridine rings is 1. The van der Waals surface area contributed by atoms with Crippen LogP contribution in [0.3, 0.4) is 0 Å². The molecule has 0 bridgehead atoms. The van der Waals surface area contributed by atoms with Gasteiger partial charge in [0, 0.05) is 16.8 Å². The molecule has 2 aromatic rings. The Morgan fingerprint density at radius 3 is 2.80 bits per heavy atom. The number of aromatic nitrogens is 2. The summed E-state index contributed by atoms with van der Waals surface area (Å²) in [5.74, 6) is 0. The average molecular weight is 286 g/mol. The van der Waals surface area contributed by atoms with Crippen molar-refractivity contribution in [1.82, 2.24) is 9.97 Å². The third-order valence-corrected chi connectivity index (χ3v) is 4.59. The average Bonchev–Trinajstić information content (AvgIpc) is 2.95. The lowest BCUT2D eigenvalue weighted by Gasteiger charge is -2.15. The third-order valence-electron chi connectivity index (χ3n) is 3.77. The molecule has 0 N–H and O–H groups in total. The first kappa shape index (κ1) is 13.4. The van der Waals surface area contributed by atoms with Crippen molar-refractivity contribution in [2.24, 2.45) is 0 Å². The van der Waals surface area contributed by atoms with Crippen LogP contribution in [0, 0.1) is 0 Å². The van der Waals surface area contributed by atoms with Gasteiger partial charge in [-0.15, -0.1) is 11.3 Å². The predicted molar refractivity (Wildman–Crippen MR) is 80.4 cm³/mol. The largest absolute Gasteiger partial charge is 0.295 e. The highest BCUT2D eigenvalue weighted by molar-refractivity contribution is 7.11. The molecule has 0 aromatic carbocycles. The zero-order chi connectivity index (χ0) is 13.8. The van der Waals surface area contributed by atoms with E-state index in [9.17, 15) is 4.79 Å². The first-order valence-electron chi connectivity index (χ1n) is 7.22. The van der Waals surface area contributed by atoms with E-state index in [-0.39, 0.29) is 0 Å². The summed E-state index contributed by atoms with van der Waals surface area (Å²) in [5, 5.41) is 2.55. The van der Waals surface area contributed by atoms with Gasteiger partial charge in [0.15, 0.2) is 11.3 Å². The number of carbonyl (C=O) groups is 1. The number of carbonyl (C=O) groups excluding carboxylic acids is 1. The Morgan fingerprint density at radius 1 is 1.10 bits per heavy atom. The second-order valence-electron chi connectivity index (χ2n) is 5.26. The lowest BCUT2D eigenvalue weighted by atomic mass is 9.95. The second-order valence-corrected chi connectivity index (χ2v) is 6.15. The smallest absolute Gasteiger partial charge is 0.178 e. The van der Waals surface area contributed by atoms with Crippen LogP contribution in [-0.2, 0) is 25.7 Å². The van der Waals surface area contributed by atoms with Gasteiger partial charge in [0.1, 0.15) is 0 Å². The molecule has 0 saturated heterocycles. The van der Waals surface area contributed by atoms with Crippen molar-refractivity contribution >= 4 is 17.6 Å². The molecule has 2 aromatic heterocycles. The predicted octanol–water partition coefficient (Wildman–Crippen LogP) is 3.40. The van der Waals surface area contributed by atoms with Crippen LogP contribution in [0.1, 0.15) is 51.7 Å². The SMILES string of the molecule is O=Cc1nc(CCCc2ccc3c(n2)CCCC3)cs1. The lowest BCUT2D eigenvalue weighted by molar-refractivity contribution is 0.112. The molecule has 0 aliphatic heterocycles. The molecule has 1 aliphatic carbocycles. The number of fused-ring (bicyclic) bond motifs is 1. The first-order chi connectivity index (χ1) is 9.85. The molecule has 0 radical (unpaired) electrons. The first-order valence-corrected chi connectivity index (χ1v) is 8.10. The van der Waals surface area contributed by atoms with Crippen molar-refractivity contribution in [1.29, 1.82) is 0 Å². The van der Waals surface area contributed by atoms with E-state index in [1.54, 1.807) is 0 Å². The van der Waals surface area contributed by atoms with Crippen molar-refractivity contribution in [3.8, 4) is 0 Å². The van der Waals surface area contributed by atoms with E-state index in [1.807, 2.05) is 5.38 Å². The van der Waals surface area contributed by atoms with Gasteiger partial charge in [-0.3, -0.25) is 9.78 Å². The van der Waals surface area contributed by atoms with Crippen molar-refractivity contribution in [2.45, 2.75) is 44.9 Å². The van der Waals surface area contributed by atoms with Crippen molar-refractivity contribution in [3.63, 3.8) is 0 Å². The number of hydrogen-bond acceptors (Lipinski definition) is 4. The van der Waals surface area contributed by atoms with Gasteiger partial charge in [0.05, 0.1) is 5.69 Å². The number of nitrogens with zero attached hydrogens (tertiary/aromatic N) is 2. The fourth-order valence-electron chi connectivity index (χ4n) is 2.71. The van der Waals surface area contributed by atoms with Crippen LogP contribution in [-0.4, -0.2) is 16.3 Å². The molecule has 0 fully saturated rings. The summed E-state index contributed by atoms with van der Waals surface area (Å²) >= 11 is 1.42. The maximum atomic E-state index is 10.6. The fraction of sp³-hybridized carbons (Fsp3) is 0.438. The molecule has 3 rings (SSSR count). The normalized spacial score (nSPS) is 14.0. The van der Waals surface area contributed by atoms with Crippen LogP contribution in [0.5, 0.6) is 0 Å². The highest BCUT2D eigenvalue weighted by Crippen LogP contribution is 2.20. The zero-order valence-electron chi connectivity index (χ0n) is 11.5. The van der Waals surface area contributed by atoms with Gasteiger partial charge in [0.2, 0.25) is 0 Å². The Morgan fingerprint density at radius 2 is 1.95 bits per heavy atom. The number of rotatable bonds is 5. The maximum absolute atomic E-state index is 10.6. The van der Waals surface area contributed by atoms with E-state index in [1.165, 1.54) is 47.6 Å². The topological polar surface area (TPSA) is 42.9 Å². The Balaban J connectivity index is 1.56. The van der Waals surface area contributed by atoms with Gasteiger partial charge in [-0.05, 0) is 56.6 Å². The monoisotopic (exact) mass is 286 g/mol. The van der Waals surface area contributed by atoms with Gasteiger partial charge >= 0.3 is 0 Å². The van der Waals surface area contributed by atoms with Crippen molar-refractivity contribution in [2.75, 3.05) is 0 Å². The molecule has 0 unspecified atom stereocenters. The zero-order valence-corrected chi connectivity index (χ0v) is 12.3. The summed E-state index contributed by atoms with van der Waals surface area (Å²) in [4.78, 5) is 19.6. The number of aryl methyl sites for hydroxylation is 4. The minimum Gasteiger partial charge on any atom is -0.295 e. The highest BCUT2D eigenvalue weighted by atomic mass is 32.1. The summed E-state index contributed by atoms with van der Waals surface area (Å²) in [7, 11) is 0. The van der Waals surface area contributed by atoms with Gasteiger partial charge in [-0.25, -0.2) is 4.98 Å². The summed E-state index contributed by atoms with van der Waals surface area (Å²) in [5.41, 5.74) is 4.97. The van der Waals surface area contributed by atoms with E-state index in [2.05, 4.69) is 17.1 Å². The van der Waals surface area contributed by atoms with Crippen molar-refractivity contribution in [3.05, 3.63) is 45.2 Å². The third kappa shape index (κ3) is 3.12. The number of aldehydes is 1. The Kier molecular flexibility index (Phi) is 4.21. The Bertz CT molecular complexity index is 606. The van der Waals surface area contributed by atoms with Gasteiger partial charge in [0.25, 0.3) is 0 Å². The van der Waals surface area contributed by atoms with E-state index in [0.717, 1.165) is 37.7 Å². The number of thiazole rings is 1. The van der Waals surface area contributed by atoms with Crippen LogP contribution < -0.4 is 0 Å². The summed E-state index contributed by atoms with van der Waals surface area (Å²) < 4.78 is 0. The Hall–Kier alpha value is -1.55. The van der Waals surface area contributed by atoms with E-state index < -0.39 is 0 Å². The molecular weight excluding hydrogens is 268 g/mol. The van der Waals surface area contributed by atoms with Crippen molar-refractivity contribution < 1.29 is 4.79 Å². The summed E-state index contributed by atoms with van der Waals surface area (Å²) in [6.07, 6.45) is 8.67. The maximum Gasteiger partial charge on any atom is 0.178 e. The summed E-state index contributed by atoms with van der Waals surface area (Å²) in [6.45, 7) is 0. The minimum atomic E-state index is 0.576. The van der Waals surface area contributed by atoms with Crippen LogP contribution >= 0.6 is 11.3 Å². The minimum absolute atomic E-state index is 0.576. The lowest BCUT2D eigenvalue weighted by Crippen LogP contribution is -2.07. The highest BCUT2D eigenvalue weighted by Gasteiger charge is 2.11. The van der Waals surface area contributed by atoms with Gasteiger partial charge < -0.3 is 0 Å². The molecule has 104 valence electrons. The molecule has 0 spiro atoms. The molecule has 0 saturated carbocycles. The van der Waals surface area contributed by atoms with Crippen LogP contribution in [0.2, 0.25) is 0 Å². The molecule has 0 atom stereocenters. The van der Waals surface area contributed by atoms with E-state index in [0.29, 0.717) is 5.01 Å². The molecular formula is C16H18N2OS. The van der Waals surface area contributed by atoms with E-state index >= 15 is 0 Å². The van der Waals surface area contributed by atoms with Crippen LogP contribution in [0.4, 0.5) is 0 Å². The van der Waals surface area contributed by atoms with Crippen LogP contribution in [0.15, 0.2) is 17.5 Å². The molecule has 2 heterocycles.